The Morgan fingerprint density at radius 3 is 2.26 bits per heavy atom. The molecule has 0 aliphatic rings. The summed E-state index contributed by atoms with van der Waals surface area (Å²) in [4.78, 5) is 21.5. The van der Waals surface area contributed by atoms with Crippen molar-refractivity contribution in [2.75, 3.05) is 13.2 Å². The summed E-state index contributed by atoms with van der Waals surface area (Å²) in [5, 5.41) is 6.13. The fraction of sp³-hybridized carbons (Fsp3) is 0.529. The van der Waals surface area contributed by atoms with Gasteiger partial charge in [-0.3, -0.25) is 9.59 Å². The first-order valence-corrected chi connectivity index (χ1v) is 8.18. The Morgan fingerprint density at radius 2 is 1.83 bits per heavy atom. The summed E-state index contributed by atoms with van der Waals surface area (Å²) in [6, 6.07) is 7.10. The zero-order valence-electron chi connectivity index (χ0n) is 14.3. The molecule has 0 spiro atoms. The molecule has 1 aromatic carbocycles. The fourth-order valence-corrected chi connectivity index (χ4v) is 1.53. The molecular weight excluding hydrogens is 316 g/mol. The molecule has 1 rings (SSSR count). The lowest BCUT2D eigenvalue weighted by molar-refractivity contribution is -0.123. The molecular formula is C17H27ClN2O3. The van der Waals surface area contributed by atoms with Gasteiger partial charge >= 0.3 is 0 Å². The maximum Gasteiger partial charge on any atom is 0.258 e. The average molecular weight is 343 g/mol. The lowest BCUT2D eigenvalue weighted by atomic mass is 10.2. The van der Waals surface area contributed by atoms with Gasteiger partial charge in [0.2, 0.25) is 5.91 Å². The summed E-state index contributed by atoms with van der Waals surface area (Å²) < 4.78 is 5.30. The van der Waals surface area contributed by atoms with Crippen LogP contribution in [0.1, 0.15) is 40.5 Å². The van der Waals surface area contributed by atoms with Crippen LogP contribution in [0.4, 0.5) is 0 Å². The highest BCUT2D eigenvalue weighted by molar-refractivity contribution is 6.30. The van der Waals surface area contributed by atoms with Crippen LogP contribution in [0.5, 0.6) is 5.75 Å². The topological polar surface area (TPSA) is 67.4 Å². The van der Waals surface area contributed by atoms with E-state index < -0.39 is 0 Å². The number of nitrogens with one attached hydrogen (secondary N) is 2. The van der Waals surface area contributed by atoms with E-state index in [-0.39, 0.29) is 24.5 Å². The van der Waals surface area contributed by atoms with E-state index in [0.29, 0.717) is 10.8 Å². The molecule has 2 N–H and O–H groups in total. The number of benzene rings is 1. The summed E-state index contributed by atoms with van der Waals surface area (Å²) in [6.45, 7) is 8.36. The van der Waals surface area contributed by atoms with Gasteiger partial charge in [0.05, 0.1) is 0 Å². The van der Waals surface area contributed by atoms with Crippen molar-refractivity contribution in [3.63, 3.8) is 0 Å². The van der Waals surface area contributed by atoms with Crippen LogP contribution in [0.3, 0.4) is 0 Å². The van der Waals surface area contributed by atoms with E-state index in [4.69, 9.17) is 16.3 Å². The van der Waals surface area contributed by atoms with E-state index in [2.05, 4.69) is 10.6 Å². The molecule has 0 aromatic heterocycles. The molecule has 0 saturated heterocycles. The van der Waals surface area contributed by atoms with Gasteiger partial charge in [-0.05, 0) is 44.0 Å². The van der Waals surface area contributed by atoms with E-state index in [1.807, 2.05) is 20.8 Å². The highest BCUT2D eigenvalue weighted by Gasteiger charge is 2.05. The van der Waals surface area contributed by atoms with Gasteiger partial charge in [-0.1, -0.05) is 25.4 Å². The monoisotopic (exact) mass is 342 g/mol. The second kappa shape index (κ2) is 12.8. The molecule has 130 valence electrons. The van der Waals surface area contributed by atoms with E-state index >= 15 is 0 Å². The SMILES string of the molecule is CCC(C)NC(=O)COc1ccc(Cl)cc1.CCCNC(C)=O. The quantitative estimate of drug-likeness (QED) is 0.799. The first kappa shape index (κ1) is 21.2. The zero-order chi connectivity index (χ0) is 17.7. The van der Waals surface area contributed by atoms with Crippen molar-refractivity contribution in [2.24, 2.45) is 0 Å². The fourth-order valence-electron chi connectivity index (χ4n) is 1.40. The molecule has 0 bridgehead atoms. The van der Waals surface area contributed by atoms with E-state index in [9.17, 15) is 9.59 Å². The summed E-state index contributed by atoms with van der Waals surface area (Å²) in [6.07, 6.45) is 1.92. The molecule has 0 fully saturated rings. The number of carbonyl (C=O) groups excluding carboxylic acids is 2. The normalized spacial score (nSPS) is 10.8. The zero-order valence-corrected chi connectivity index (χ0v) is 15.1. The molecule has 0 saturated carbocycles. The van der Waals surface area contributed by atoms with Crippen LogP contribution in [0.15, 0.2) is 24.3 Å². The second-order valence-corrected chi connectivity index (χ2v) is 5.54. The largest absolute Gasteiger partial charge is 0.484 e. The number of rotatable bonds is 7. The Labute approximate surface area is 143 Å². The molecule has 23 heavy (non-hydrogen) atoms. The molecule has 0 heterocycles. The number of hydrogen-bond acceptors (Lipinski definition) is 3. The maximum absolute atomic E-state index is 11.4. The van der Waals surface area contributed by atoms with E-state index in [1.54, 1.807) is 24.3 Å². The summed E-state index contributed by atoms with van der Waals surface area (Å²) in [5.74, 6) is 0.592. The smallest absolute Gasteiger partial charge is 0.258 e. The van der Waals surface area contributed by atoms with Crippen LogP contribution in [0, 0.1) is 0 Å². The number of amides is 2. The standard InChI is InChI=1S/C12H16ClNO2.C5H11NO/c1-3-9(2)14-12(15)8-16-11-6-4-10(13)5-7-11;1-3-4-6-5(2)7/h4-7,9H,3,8H2,1-2H3,(H,14,15);3-4H2,1-2H3,(H,6,7). The molecule has 1 aromatic rings. The number of hydrogen-bond donors (Lipinski definition) is 2. The Bertz CT molecular complexity index is 463. The molecule has 0 aliphatic carbocycles. The van der Waals surface area contributed by atoms with Gasteiger partial charge in [0.15, 0.2) is 6.61 Å². The number of halogens is 1. The lowest BCUT2D eigenvalue weighted by Crippen LogP contribution is -2.35. The van der Waals surface area contributed by atoms with Gasteiger partial charge in [-0.2, -0.15) is 0 Å². The van der Waals surface area contributed by atoms with Gasteiger partial charge in [0.1, 0.15) is 5.75 Å². The van der Waals surface area contributed by atoms with Crippen molar-refractivity contribution in [3.8, 4) is 5.75 Å². The maximum atomic E-state index is 11.4. The minimum Gasteiger partial charge on any atom is -0.484 e. The minimum absolute atomic E-state index is 0.0337. The van der Waals surface area contributed by atoms with Gasteiger partial charge in [-0.15, -0.1) is 0 Å². The van der Waals surface area contributed by atoms with Crippen molar-refractivity contribution >= 4 is 23.4 Å². The van der Waals surface area contributed by atoms with Crippen molar-refractivity contribution in [1.82, 2.24) is 10.6 Å². The summed E-state index contributed by atoms with van der Waals surface area (Å²) in [7, 11) is 0. The van der Waals surface area contributed by atoms with Crippen LogP contribution in [0.25, 0.3) is 0 Å². The Kier molecular flexibility index (Phi) is 11.8. The van der Waals surface area contributed by atoms with Gasteiger partial charge < -0.3 is 15.4 Å². The third-order valence-corrected chi connectivity index (χ3v) is 3.08. The third kappa shape index (κ3) is 12.5. The molecule has 0 aliphatic heterocycles. The van der Waals surface area contributed by atoms with Crippen molar-refractivity contribution in [1.29, 1.82) is 0 Å². The highest BCUT2D eigenvalue weighted by atomic mass is 35.5. The Morgan fingerprint density at radius 1 is 1.22 bits per heavy atom. The van der Waals surface area contributed by atoms with Crippen LogP contribution >= 0.6 is 11.6 Å². The van der Waals surface area contributed by atoms with Gasteiger partial charge in [-0.25, -0.2) is 0 Å². The molecule has 1 unspecified atom stereocenters. The van der Waals surface area contributed by atoms with Crippen molar-refractivity contribution in [3.05, 3.63) is 29.3 Å². The Hall–Kier alpha value is -1.75. The highest BCUT2D eigenvalue weighted by Crippen LogP contribution is 2.15. The molecule has 0 radical (unpaired) electrons. The van der Waals surface area contributed by atoms with Gasteiger partial charge in [0.25, 0.3) is 5.91 Å². The predicted octanol–water partition coefficient (Wildman–Crippen LogP) is 3.17. The lowest BCUT2D eigenvalue weighted by Gasteiger charge is -2.11. The van der Waals surface area contributed by atoms with Crippen LogP contribution in [-0.4, -0.2) is 31.0 Å². The van der Waals surface area contributed by atoms with E-state index in [0.717, 1.165) is 19.4 Å². The molecule has 1 atom stereocenters. The van der Waals surface area contributed by atoms with Crippen LogP contribution < -0.4 is 15.4 Å². The van der Waals surface area contributed by atoms with Crippen LogP contribution in [-0.2, 0) is 9.59 Å². The third-order valence-electron chi connectivity index (χ3n) is 2.83. The Balaban J connectivity index is 0.000000585. The predicted molar refractivity (Wildman–Crippen MR) is 93.8 cm³/mol. The molecule has 6 heteroatoms. The second-order valence-electron chi connectivity index (χ2n) is 5.10. The summed E-state index contributed by atoms with van der Waals surface area (Å²) >= 11 is 5.73. The first-order chi connectivity index (χ1) is 10.9. The molecule has 2 amide bonds. The number of ether oxygens (including phenoxy) is 1. The van der Waals surface area contributed by atoms with Gasteiger partial charge in [0, 0.05) is 24.5 Å². The van der Waals surface area contributed by atoms with E-state index in [1.165, 1.54) is 6.92 Å². The first-order valence-electron chi connectivity index (χ1n) is 7.81. The molecule has 5 nitrogen and oxygen atoms in total. The van der Waals surface area contributed by atoms with Crippen LogP contribution in [0.2, 0.25) is 5.02 Å². The minimum atomic E-state index is -0.107. The average Bonchev–Trinajstić information content (AvgIpc) is 2.52. The van der Waals surface area contributed by atoms with Crippen molar-refractivity contribution in [2.45, 2.75) is 46.6 Å². The summed E-state index contributed by atoms with van der Waals surface area (Å²) in [5.41, 5.74) is 0. The number of carbonyl (C=O) groups is 2. The van der Waals surface area contributed by atoms with Crippen molar-refractivity contribution < 1.29 is 14.3 Å².